The molecule has 3 fully saturated rings. The lowest BCUT2D eigenvalue weighted by Crippen LogP contribution is -2.49. The van der Waals surface area contributed by atoms with Crippen molar-refractivity contribution < 1.29 is 19.1 Å². The first-order chi connectivity index (χ1) is 18.0. The van der Waals surface area contributed by atoms with Crippen molar-refractivity contribution in [1.82, 2.24) is 20.5 Å². The lowest BCUT2D eigenvalue weighted by Gasteiger charge is -2.27. The Morgan fingerprint density at radius 2 is 2.03 bits per heavy atom. The molecule has 3 N–H and O–H groups in total. The number of nitrogens with one attached hydrogen (secondary N) is 3. The molecule has 196 valence electrons. The molecule has 9 heteroatoms. The van der Waals surface area contributed by atoms with Crippen LogP contribution < -0.4 is 15.4 Å². The van der Waals surface area contributed by atoms with Crippen molar-refractivity contribution in [3.63, 3.8) is 0 Å². The molecule has 1 aromatic heterocycles. The summed E-state index contributed by atoms with van der Waals surface area (Å²) in [7, 11) is 1.60. The summed E-state index contributed by atoms with van der Waals surface area (Å²) in [6.45, 7) is 1.18. The summed E-state index contributed by atoms with van der Waals surface area (Å²) in [6.07, 6.45) is 7.08. The highest BCUT2D eigenvalue weighted by molar-refractivity contribution is 6.01. The van der Waals surface area contributed by atoms with Gasteiger partial charge in [-0.1, -0.05) is 31.7 Å². The van der Waals surface area contributed by atoms with Gasteiger partial charge in [0.05, 0.1) is 13.2 Å². The second-order valence-electron chi connectivity index (χ2n) is 10.7. The van der Waals surface area contributed by atoms with E-state index in [2.05, 4.69) is 21.7 Å². The number of methoxy groups -OCH3 is 1. The molecule has 3 aliphatic rings. The molecule has 2 saturated heterocycles. The summed E-state index contributed by atoms with van der Waals surface area (Å²) in [5, 5.41) is 16.3. The van der Waals surface area contributed by atoms with E-state index in [1.165, 1.54) is 12.8 Å². The van der Waals surface area contributed by atoms with Gasteiger partial charge in [0.1, 0.15) is 23.5 Å². The third-order valence-electron chi connectivity index (χ3n) is 8.43. The lowest BCUT2D eigenvalue weighted by atomic mass is 9.88. The van der Waals surface area contributed by atoms with Crippen LogP contribution >= 0.6 is 0 Å². The molecule has 9 nitrogen and oxygen atoms in total. The second-order valence-corrected chi connectivity index (χ2v) is 10.7. The van der Waals surface area contributed by atoms with Gasteiger partial charge < -0.3 is 25.3 Å². The van der Waals surface area contributed by atoms with Crippen molar-refractivity contribution in [3.05, 3.63) is 30.0 Å². The number of aromatic nitrogens is 1. The molecule has 3 heterocycles. The van der Waals surface area contributed by atoms with Crippen molar-refractivity contribution >= 4 is 28.6 Å². The van der Waals surface area contributed by atoms with Crippen LogP contribution in [0.5, 0.6) is 5.75 Å². The first-order valence-corrected chi connectivity index (χ1v) is 13.4. The Morgan fingerprint density at radius 3 is 2.76 bits per heavy atom. The van der Waals surface area contributed by atoms with E-state index in [0.29, 0.717) is 43.3 Å². The number of amides is 3. The molecule has 37 heavy (non-hydrogen) atoms. The maximum Gasteiger partial charge on any atom is 0.270 e. The van der Waals surface area contributed by atoms with E-state index < -0.39 is 12.1 Å². The topological polar surface area (TPSA) is 127 Å². The molecule has 1 saturated carbocycles. The van der Waals surface area contributed by atoms with Gasteiger partial charge in [0.15, 0.2) is 0 Å². The van der Waals surface area contributed by atoms with Crippen molar-refractivity contribution in [1.29, 1.82) is 5.26 Å². The normalized spacial score (nSPS) is 25.0. The fourth-order valence-corrected chi connectivity index (χ4v) is 6.44. The summed E-state index contributed by atoms with van der Waals surface area (Å²) in [4.78, 5) is 44.4. The van der Waals surface area contributed by atoms with E-state index in [9.17, 15) is 19.6 Å². The zero-order valence-corrected chi connectivity index (χ0v) is 21.3. The number of fused-ring (bicyclic) bond motifs is 1. The van der Waals surface area contributed by atoms with Crippen LogP contribution in [-0.4, -0.2) is 59.9 Å². The van der Waals surface area contributed by atoms with Crippen LogP contribution in [0.15, 0.2) is 24.3 Å². The van der Waals surface area contributed by atoms with Gasteiger partial charge in [-0.2, -0.15) is 5.26 Å². The maximum absolute atomic E-state index is 13.8. The van der Waals surface area contributed by atoms with Crippen molar-refractivity contribution in [2.24, 2.45) is 17.8 Å². The minimum atomic E-state index is -0.777. The number of H-pyrrole nitrogens is 1. The quantitative estimate of drug-likeness (QED) is 0.533. The number of nitrogens with zero attached hydrogens (tertiary/aromatic N) is 2. The number of likely N-dealkylation sites (tertiary alicyclic amines) is 1. The minimum Gasteiger partial charge on any atom is -0.496 e. The van der Waals surface area contributed by atoms with Gasteiger partial charge in [-0.3, -0.25) is 14.4 Å². The second kappa shape index (κ2) is 10.8. The molecule has 2 aromatic rings. The number of piperidine rings is 1. The summed E-state index contributed by atoms with van der Waals surface area (Å²) in [5.41, 5.74) is 1.21. The van der Waals surface area contributed by atoms with E-state index in [0.717, 1.165) is 30.2 Å². The Hall–Kier alpha value is -3.54. The average Bonchev–Trinajstić information content (AvgIpc) is 3.68. The fourth-order valence-electron chi connectivity index (χ4n) is 6.44. The number of hydrogen-bond acceptors (Lipinski definition) is 5. The van der Waals surface area contributed by atoms with Gasteiger partial charge in [-0.05, 0) is 55.7 Å². The first kappa shape index (κ1) is 25.1. The molecule has 1 aromatic carbocycles. The SMILES string of the molecule is COc1cccc2[nH]c(C(=O)N3CC(C4CCCC4)CC3C(=O)N[C@H](C#N)C[C@@H]3CCCNC3=O)cc12. The number of hydrogen-bond donors (Lipinski definition) is 3. The molecule has 0 radical (unpaired) electrons. The minimum absolute atomic E-state index is 0.0612. The van der Waals surface area contributed by atoms with E-state index >= 15 is 0 Å². The summed E-state index contributed by atoms with van der Waals surface area (Å²) >= 11 is 0. The largest absolute Gasteiger partial charge is 0.496 e. The highest BCUT2D eigenvalue weighted by Crippen LogP contribution is 2.39. The van der Waals surface area contributed by atoms with E-state index in [4.69, 9.17) is 4.74 Å². The van der Waals surface area contributed by atoms with E-state index in [1.54, 1.807) is 18.1 Å². The Bertz CT molecular complexity index is 1210. The van der Waals surface area contributed by atoms with Crippen LogP contribution in [-0.2, 0) is 9.59 Å². The van der Waals surface area contributed by atoms with E-state index in [-0.39, 0.29) is 36.0 Å². The fraction of sp³-hybridized carbons (Fsp3) is 0.571. The molecule has 1 aliphatic carbocycles. The Morgan fingerprint density at radius 1 is 1.22 bits per heavy atom. The number of aromatic amines is 1. The zero-order chi connectivity index (χ0) is 25.9. The van der Waals surface area contributed by atoms with Gasteiger partial charge in [0, 0.05) is 29.9 Å². The monoisotopic (exact) mass is 505 g/mol. The van der Waals surface area contributed by atoms with Crippen LogP contribution in [0.3, 0.4) is 0 Å². The molecule has 2 aliphatic heterocycles. The summed E-state index contributed by atoms with van der Waals surface area (Å²) in [5.74, 6) is 0.557. The summed E-state index contributed by atoms with van der Waals surface area (Å²) in [6, 6.07) is 8.12. The Kier molecular flexibility index (Phi) is 7.36. The van der Waals surface area contributed by atoms with Crippen molar-refractivity contribution in [2.75, 3.05) is 20.2 Å². The van der Waals surface area contributed by atoms with Crippen LogP contribution in [0, 0.1) is 29.1 Å². The van der Waals surface area contributed by atoms with Gasteiger partial charge in [0.2, 0.25) is 11.8 Å². The summed E-state index contributed by atoms with van der Waals surface area (Å²) < 4.78 is 5.45. The predicted molar refractivity (Wildman–Crippen MR) is 138 cm³/mol. The Balaban J connectivity index is 1.35. The number of carbonyl (C=O) groups is 3. The predicted octanol–water partition coefficient (Wildman–Crippen LogP) is 3.12. The maximum atomic E-state index is 13.8. The first-order valence-electron chi connectivity index (χ1n) is 13.4. The molecule has 5 rings (SSSR count). The van der Waals surface area contributed by atoms with E-state index in [1.807, 2.05) is 18.2 Å². The molecule has 4 atom stereocenters. The lowest BCUT2D eigenvalue weighted by molar-refractivity contribution is -0.128. The zero-order valence-electron chi connectivity index (χ0n) is 21.3. The van der Waals surface area contributed by atoms with Crippen LogP contribution in [0.25, 0.3) is 10.9 Å². The van der Waals surface area contributed by atoms with Gasteiger partial charge in [-0.15, -0.1) is 0 Å². The molecule has 0 spiro atoms. The Labute approximate surface area is 216 Å². The number of benzene rings is 1. The van der Waals surface area contributed by atoms with Gasteiger partial charge >= 0.3 is 0 Å². The average molecular weight is 506 g/mol. The number of carbonyl (C=O) groups excluding carboxylic acids is 3. The molecule has 3 amide bonds. The number of ether oxygens (including phenoxy) is 1. The number of nitriles is 1. The van der Waals surface area contributed by atoms with Crippen LogP contribution in [0.2, 0.25) is 0 Å². The third-order valence-corrected chi connectivity index (χ3v) is 8.43. The standard InChI is InChI=1S/C28H35N5O4/c1-37-25-10-4-9-22-21(25)14-23(32-22)28(36)33-16-19(17-6-2-3-7-17)13-24(33)27(35)31-20(15-29)12-18-8-5-11-30-26(18)34/h4,9-10,14,17-20,24,32H,2-3,5-8,11-13,16H2,1H3,(H,30,34)(H,31,35)/t18-,19?,20-,24?/m0/s1. The van der Waals surface area contributed by atoms with Gasteiger partial charge in [-0.25, -0.2) is 0 Å². The van der Waals surface area contributed by atoms with Crippen LogP contribution in [0.4, 0.5) is 0 Å². The molecular formula is C28H35N5O4. The van der Waals surface area contributed by atoms with Crippen LogP contribution in [0.1, 0.15) is 61.9 Å². The van der Waals surface area contributed by atoms with Crippen molar-refractivity contribution in [2.45, 2.75) is 63.5 Å². The smallest absolute Gasteiger partial charge is 0.270 e. The molecule has 0 bridgehead atoms. The van der Waals surface area contributed by atoms with Crippen molar-refractivity contribution in [3.8, 4) is 11.8 Å². The van der Waals surface area contributed by atoms with Gasteiger partial charge in [0.25, 0.3) is 5.91 Å². The highest BCUT2D eigenvalue weighted by atomic mass is 16.5. The molecule has 2 unspecified atom stereocenters. The highest BCUT2D eigenvalue weighted by Gasteiger charge is 2.44. The number of rotatable bonds is 7. The third kappa shape index (κ3) is 5.15. The molecular weight excluding hydrogens is 470 g/mol.